The third-order valence-corrected chi connectivity index (χ3v) is 3.47. The average molecular weight is 296 g/mol. The van der Waals surface area contributed by atoms with E-state index in [0.29, 0.717) is 16.3 Å². The summed E-state index contributed by atoms with van der Waals surface area (Å²) in [5, 5.41) is 8.75. The number of benzene rings is 1. The largest absolute Gasteiger partial charge is 0.355 e. The monoisotopic (exact) mass is 295 g/mol. The highest BCUT2D eigenvalue weighted by molar-refractivity contribution is 6.33. The van der Waals surface area contributed by atoms with Crippen molar-refractivity contribution in [3.05, 3.63) is 28.8 Å². The first-order chi connectivity index (χ1) is 9.60. The number of nitrogens with one attached hydrogen (secondary N) is 3. The third-order valence-electron chi connectivity index (χ3n) is 3.15. The molecule has 0 aromatic heterocycles. The number of carbonyl (C=O) groups excluding carboxylic acids is 2. The first-order valence-corrected chi connectivity index (χ1v) is 7.00. The van der Waals surface area contributed by atoms with Gasteiger partial charge in [-0.3, -0.25) is 9.59 Å². The minimum absolute atomic E-state index is 0.165. The number of hydrogen-bond acceptors (Lipinski definition) is 3. The lowest BCUT2D eigenvalue weighted by Gasteiger charge is -2.09. The molecule has 2 rings (SSSR count). The van der Waals surface area contributed by atoms with E-state index >= 15 is 0 Å². The Kier molecular flexibility index (Phi) is 4.98. The van der Waals surface area contributed by atoms with Crippen LogP contribution in [0.25, 0.3) is 0 Å². The van der Waals surface area contributed by atoms with Crippen molar-refractivity contribution in [3.8, 4) is 0 Å². The molecule has 5 nitrogen and oxygen atoms in total. The summed E-state index contributed by atoms with van der Waals surface area (Å²) in [6.07, 6.45) is 2.49. The Morgan fingerprint density at radius 1 is 1.35 bits per heavy atom. The summed E-state index contributed by atoms with van der Waals surface area (Å²) in [7, 11) is 1.55. The van der Waals surface area contributed by atoms with Crippen LogP contribution in [-0.2, 0) is 4.79 Å². The summed E-state index contributed by atoms with van der Waals surface area (Å²) in [5.74, 6) is 0.341. The summed E-state index contributed by atoms with van der Waals surface area (Å²) in [6.45, 7) is 1.12. The second-order valence-electron chi connectivity index (χ2n) is 4.90. The molecule has 20 heavy (non-hydrogen) atoms. The number of rotatable bonds is 6. The van der Waals surface area contributed by atoms with Crippen LogP contribution in [0.15, 0.2) is 18.2 Å². The Morgan fingerprint density at radius 2 is 2.10 bits per heavy atom. The highest BCUT2D eigenvalue weighted by Gasteiger charge is 2.20. The van der Waals surface area contributed by atoms with Crippen LogP contribution in [-0.4, -0.2) is 32.0 Å². The highest BCUT2D eigenvalue weighted by atomic mass is 35.5. The molecule has 0 spiro atoms. The van der Waals surface area contributed by atoms with Crippen molar-refractivity contribution in [2.45, 2.75) is 12.8 Å². The molecular formula is C14H18ClN3O2. The Labute approximate surface area is 123 Å². The second-order valence-corrected chi connectivity index (χ2v) is 5.30. The molecule has 2 amide bonds. The van der Waals surface area contributed by atoms with Crippen LogP contribution in [0.3, 0.4) is 0 Å². The molecule has 0 radical (unpaired) electrons. The van der Waals surface area contributed by atoms with Gasteiger partial charge in [-0.05, 0) is 43.5 Å². The lowest BCUT2D eigenvalue weighted by atomic mass is 10.2. The molecule has 0 unspecified atom stereocenters. The van der Waals surface area contributed by atoms with Crippen molar-refractivity contribution in [2.24, 2.45) is 5.92 Å². The van der Waals surface area contributed by atoms with E-state index in [1.165, 1.54) is 12.8 Å². The van der Waals surface area contributed by atoms with E-state index < -0.39 is 0 Å². The molecule has 0 atom stereocenters. The maximum Gasteiger partial charge on any atom is 0.251 e. The standard InChI is InChI=1S/C14H18ClN3O2/c1-16-14(20)10-4-5-11(15)12(6-10)18-13(19)8-17-7-9-2-3-9/h4-6,9,17H,2-3,7-8H2,1H3,(H,16,20)(H,18,19). The maximum absolute atomic E-state index is 11.8. The molecule has 3 N–H and O–H groups in total. The van der Waals surface area contributed by atoms with E-state index in [4.69, 9.17) is 11.6 Å². The number of carbonyl (C=O) groups is 2. The van der Waals surface area contributed by atoms with Crippen LogP contribution in [0, 0.1) is 5.92 Å². The molecule has 108 valence electrons. The SMILES string of the molecule is CNC(=O)c1ccc(Cl)c(NC(=O)CNCC2CC2)c1. The molecule has 0 aliphatic heterocycles. The van der Waals surface area contributed by atoms with Gasteiger partial charge in [0.2, 0.25) is 5.91 Å². The fraction of sp³-hybridized carbons (Fsp3) is 0.429. The van der Waals surface area contributed by atoms with Crippen molar-refractivity contribution in [1.29, 1.82) is 0 Å². The van der Waals surface area contributed by atoms with Gasteiger partial charge < -0.3 is 16.0 Å². The zero-order valence-electron chi connectivity index (χ0n) is 11.3. The lowest BCUT2D eigenvalue weighted by Crippen LogP contribution is -2.29. The molecule has 1 saturated carbocycles. The second kappa shape index (κ2) is 6.72. The van der Waals surface area contributed by atoms with Crippen molar-refractivity contribution in [2.75, 3.05) is 25.5 Å². The Hall–Kier alpha value is -1.59. The van der Waals surface area contributed by atoms with Crippen LogP contribution in [0.4, 0.5) is 5.69 Å². The zero-order valence-corrected chi connectivity index (χ0v) is 12.1. The van der Waals surface area contributed by atoms with E-state index in [0.717, 1.165) is 12.5 Å². The molecule has 6 heteroatoms. The van der Waals surface area contributed by atoms with Crippen molar-refractivity contribution in [1.82, 2.24) is 10.6 Å². The maximum atomic E-state index is 11.8. The summed E-state index contributed by atoms with van der Waals surface area (Å²) >= 11 is 6.02. The van der Waals surface area contributed by atoms with E-state index in [2.05, 4.69) is 16.0 Å². The molecule has 1 fully saturated rings. The van der Waals surface area contributed by atoms with Gasteiger partial charge in [-0.2, -0.15) is 0 Å². The van der Waals surface area contributed by atoms with Gasteiger partial charge >= 0.3 is 0 Å². The molecule has 1 aromatic rings. The van der Waals surface area contributed by atoms with Gasteiger partial charge in [-0.1, -0.05) is 11.6 Å². The summed E-state index contributed by atoms with van der Waals surface area (Å²) < 4.78 is 0. The van der Waals surface area contributed by atoms with Crippen LogP contribution in [0.2, 0.25) is 5.02 Å². The topological polar surface area (TPSA) is 70.2 Å². The number of amides is 2. The first kappa shape index (κ1) is 14.8. The fourth-order valence-electron chi connectivity index (χ4n) is 1.81. The number of halogens is 1. The fourth-order valence-corrected chi connectivity index (χ4v) is 1.98. The zero-order chi connectivity index (χ0) is 14.5. The van der Waals surface area contributed by atoms with Gasteiger partial charge in [0, 0.05) is 12.6 Å². The minimum atomic E-state index is -0.218. The van der Waals surface area contributed by atoms with Gasteiger partial charge in [-0.25, -0.2) is 0 Å². The normalized spacial score (nSPS) is 13.9. The summed E-state index contributed by atoms with van der Waals surface area (Å²) in [6, 6.07) is 4.78. The van der Waals surface area contributed by atoms with Crippen molar-refractivity contribution in [3.63, 3.8) is 0 Å². The molecule has 0 heterocycles. The quantitative estimate of drug-likeness (QED) is 0.747. The van der Waals surface area contributed by atoms with Gasteiger partial charge in [0.25, 0.3) is 5.91 Å². The molecule has 1 aliphatic rings. The number of hydrogen-bond donors (Lipinski definition) is 3. The van der Waals surface area contributed by atoms with Gasteiger partial charge in [-0.15, -0.1) is 0 Å². The van der Waals surface area contributed by atoms with E-state index in [1.54, 1.807) is 25.2 Å². The highest BCUT2D eigenvalue weighted by Crippen LogP contribution is 2.27. The first-order valence-electron chi connectivity index (χ1n) is 6.62. The van der Waals surface area contributed by atoms with Crippen LogP contribution >= 0.6 is 11.6 Å². The third kappa shape index (κ3) is 4.21. The smallest absolute Gasteiger partial charge is 0.251 e. The minimum Gasteiger partial charge on any atom is -0.355 e. The lowest BCUT2D eigenvalue weighted by molar-refractivity contribution is -0.115. The summed E-state index contributed by atoms with van der Waals surface area (Å²) in [5.41, 5.74) is 0.907. The van der Waals surface area contributed by atoms with Crippen LogP contribution < -0.4 is 16.0 Å². The van der Waals surface area contributed by atoms with E-state index in [9.17, 15) is 9.59 Å². The van der Waals surface area contributed by atoms with Crippen molar-refractivity contribution < 1.29 is 9.59 Å². The predicted molar refractivity (Wildman–Crippen MR) is 79.1 cm³/mol. The number of anilines is 1. The van der Waals surface area contributed by atoms with Gasteiger partial charge in [0.05, 0.1) is 17.3 Å². The molecular weight excluding hydrogens is 278 g/mol. The Morgan fingerprint density at radius 3 is 2.75 bits per heavy atom. The van der Waals surface area contributed by atoms with Gasteiger partial charge in [0.1, 0.15) is 0 Å². The Balaban J connectivity index is 1.92. The van der Waals surface area contributed by atoms with Crippen molar-refractivity contribution >= 4 is 29.1 Å². The summed E-state index contributed by atoms with van der Waals surface area (Å²) in [4.78, 5) is 23.3. The average Bonchev–Trinajstić information content (AvgIpc) is 3.24. The molecule has 0 saturated heterocycles. The van der Waals surface area contributed by atoms with Gasteiger partial charge in [0.15, 0.2) is 0 Å². The van der Waals surface area contributed by atoms with E-state index in [-0.39, 0.29) is 18.4 Å². The molecule has 0 bridgehead atoms. The molecule has 1 aliphatic carbocycles. The Bertz CT molecular complexity index is 515. The predicted octanol–water partition coefficient (Wildman–Crippen LogP) is 1.64. The van der Waals surface area contributed by atoms with Crippen LogP contribution in [0.5, 0.6) is 0 Å². The van der Waals surface area contributed by atoms with Crippen LogP contribution in [0.1, 0.15) is 23.2 Å². The van der Waals surface area contributed by atoms with E-state index in [1.807, 2.05) is 0 Å². The molecule has 1 aromatic carbocycles.